The molecule has 2 N–H and O–H groups in total. The van der Waals surface area contributed by atoms with Crippen molar-refractivity contribution in [3.05, 3.63) is 51.9 Å². The van der Waals surface area contributed by atoms with Crippen LogP contribution in [0.3, 0.4) is 0 Å². The van der Waals surface area contributed by atoms with Gasteiger partial charge in [-0.2, -0.15) is 5.10 Å². The maximum Gasteiger partial charge on any atom is 0.271 e. The first-order valence-corrected chi connectivity index (χ1v) is 7.74. The zero-order valence-electron chi connectivity index (χ0n) is 14.7. The number of carbonyl (C=O) groups excluding carboxylic acids is 2. The molecule has 2 amide bonds. The number of hydrogen-bond acceptors (Lipinski definition) is 6. The second-order valence-electron chi connectivity index (χ2n) is 5.55. The molecule has 0 fully saturated rings. The molecule has 0 spiro atoms. The summed E-state index contributed by atoms with van der Waals surface area (Å²) in [5.41, 5.74) is 0.499. The number of likely N-dealkylation sites (N-methyl/N-ethyl adjacent to an activating group) is 1. The number of H-pyrrole nitrogens is 1. The maximum absolute atomic E-state index is 12.0. The molecule has 138 valence electrons. The van der Waals surface area contributed by atoms with Crippen molar-refractivity contribution in [1.29, 1.82) is 0 Å². The molecule has 26 heavy (non-hydrogen) atoms. The minimum absolute atomic E-state index is 0.0999. The number of aromatic nitrogens is 2. The van der Waals surface area contributed by atoms with Crippen molar-refractivity contribution in [2.75, 3.05) is 27.8 Å². The van der Waals surface area contributed by atoms with E-state index < -0.39 is 5.91 Å². The first kappa shape index (κ1) is 19.0. The summed E-state index contributed by atoms with van der Waals surface area (Å²) in [6.45, 7) is 0.129. The van der Waals surface area contributed by atoms with E-state index in [2.05, 4.69) is 15.5 Å². The van der Waals surface area contributed by atoms with Crippen molar-refractivity contribution < 1.29 is 19.1 Å². The lowest BCUT2D eigenvalue weighted by Gasteiger charge is -2.14. The van der Waals surface area contributed by atoms with Crippen molar-refractivity contribution >= 4 is 11.8 Å². The Hall–Kier alpha value is -3.36. The molecule has 9 nitrogen and oxygen atoms in total. The number of nitrogens with one attached hydrogen (secondary N) is 2. The third-order valence-electron chi connectivity index (χ3n) is 3.44. The molecule has 1 heterocycles. The van der Waals surface area contributed by atoms with Crippen LogP contribution in [0, 0.1) is 0 Å². The van der Waals surface area contributed by atoms with E-state index in [1.807, 2.05) is 0 Å². The number of ether oxygens (including phenoxy) is 2. The Morgan fingerprint density at radius 2 is 1.96 bits per heavy atom. The molecule has 0 saturated heterocycles. The molecule has 0 atom stereocenters. The topological polar surface area (TPSA) is 114 Å². The highest BCUT2D eigenvalue weighted by atomic mass is 16.5. The van der Waals surface area contributed by atoms with Crippen LogP contribution < -0.4 is 20.3 Å². The highest BCUT2D eigenvalue weighted by molar-refractivity contribution is 5.91. The Bertz CT molecular complexity index is 827. The number of rotatable bonds is 7. The number of methoxy groups -OCH3 is 1. The molecule has 0 radical (unpaired) electrons. The SMILES string of the molecule is COc1cc(CNC(=O)c2ccc(=O)[nH]n2)ccc1OCC(=O)N(C)C. The van der Waals surface area contributed by atoms with Crippen molar-refractivity contribution in [2.24, 2.45) is 0 Å². The Labute approximate surface area is 149 Å². The summed E-state index contributed by atoms with van der Waals surface area (Å²) in [4.78, 5) is 36.0. The van der Waals surface area contributed by atoms with Crippen LogP contribution in [-0.4, -0.2) is 54.7 Å². The van der Waals surface area contributed by atoms with Crippen LogP contribution in [0.15, 0.2) is 35.1 Å². The predicted molar refractivity (Wildman–Crippen MR) is 93.2 cm³/mol. The third-order valence-corrected chi connectivity index (χ3v) is 3.44. The van der Waals surface area contributed by atoms with Gasteiger partial charge in [-0.25, -0.2) is 5.10 Å². The second kappa shape index (κ2) is 8.65. The monoisotopic (exact) mass is 360 g/mol. The summed E-state index contributed by atoms with van der Waals surface area (Å²) in [5, 5.41) is 8.56. The van der Waals surface area contributed by atoms with Crippen molar-refractivity contribution in [3.8, 4) is 11.5 Å². The van der Waals surface area contributed by atoms with Crippen LogP contribution in [0.25, 0.3) is 0 Å². The number of amides is 2. The number of hydrogen-bond donors (Lipinski definition) is 2. The van der Waals surface area contributed by atoms with Gasteiger partial charge in [0.2, 0.25) is 0 Å². The quantitative estimate of drug-likeness (QED) is 0.728. The molecule has 2 aromatic rings. The first-order chi connectivity index (χ1) is 12.4. The van der Waals surface area contributed by atoms with E-state index in [4.69, 9.17) is 9.47 Å². The van der Waals surface area contributed by atoms with Gasteiger partial charge in [-0.3, -0.25) is 14.4 Å². The lowest BCUT2D eigenvalue weighted by molar-refractivity contribution is -0.130. The molecule has 9 heteroatoms. The van der Waals surface area contributed by atoms with E-state index in [-0.39, 0.29) is 30.3 Å². The number of aromatic amines is 1. The largest absolute Gasteiger partial charge is 0.493 e. The molecular formula is C17H20N4O5. The third kappa shape index (κ3) is 5.07. The second-order valence-corrected chi connectivity index (χ2v) is 5.55. The molecule has 0 bridgehead atoms. The summed E-state index contributed by atoms with van der Waals surface area (Å²) in [6.07, 6.45) is 0. The fraction of sp³-hybridized carbons (Fsp3) is 0.294. The van der Waals surface area contributed by atoms with Crippen LogP contribution in [-0.2, 0) is 11.3 Å². The number of nitrogens with zero attached hydrogens (tertiary/aromatic N) is 2. The molecule has 1 aromatic carbocycles. The van der Waals surface area contributed by atoms with Gasteiger partial charge in [0, 0.05) is 26.7 Å². The zero-order valence-corrected chi connectivity index (χ0v) is 14.7. The lowest BCUT2D eigenvalue weighted by atomic mass is 10.2. The lowest BCUT2D eigenvalue weighted by Crippen LogP contribution is -2.27. The van der Waals surface area contributed by atoms with Gasteiger partial charge in [0.1, 0.15) is 5.69 Å². The van der Waals surface area contributed by atoms with Gasteiger partial charge in [0.25, 0.3) is 17.4 Å². The van der Waals surface area contributed by atoms with E-state index in [1.165, 1.54) is 24.1 Å². The molecule has 2 rings (SSSR count). The van der Waals surface area contributed by atoms with Gasteiger partial charge in [0.05, 0.1) is 7.11 Å². The average Bonchev–Trinajstić information content (AvgIpc) is 2.64. The van der Waals surface area contributed by atoms with Crippen molar-refractivity contribution in [1.82, 2.24) is 20.4 Å². The van der Waals surface area contributed by atoms with Crippen LogP contribution in [0.1, 0.15) is 16.1 Å². The summed E-state index contributed by atoms with van der Waals surface area (Å²) in [6, 6.07) is 7.69. The van der Waals surface area contributed by atoms with E-state index in [9.17, 15) is 14.4 Å². The van der Waals surface area contributed by atoms with Gasteiger partial charge in [-0.1, -0.05) is 6.07 Å². The van der Waals surface area contributed by atoms with Gasteiger partial charge in [-0.05, 0) is 23.8 Å². The van der Waals surface area contributed by atoms with Crippen LogP contribution >= 0.6 is 0 Å². The van der Waals surface area contributed by atoms with Gasteiger partial charge in [-0.15, -0.1) is 0 Å². The van der Waals surface area contributed by atoms with E-state index >= 15 is 0 Å². The average molecular weight is 360 g/mol. The minimum Gasteiger partial charge on any atom is -0.493 e. The normalized spacial score (nSPS) is 10.1. The summed E-state index contributed by atoms with van der Waals surface area (Å²) in [5.74, 6) is 0.291. The van der Waals surface area contributed by atoms with Crippen molar-refractivity contribution in [2.45, 2.75) is 6.54 Å². The number of carbonyl (C=O) groups is 2. The van der Waals surface area contributed by atoms with Gasteiger partial charge >= 0.3 is 0 Å². The Balaban J connectivity index is 1.99. The molecule has 0 aliphatic heterocycles. The molecular weight excluding hydrogens is 340 g/mol. The predicted octanol–water partition coefficient (Wildman–Crippen LogP) is 0.175. The van der Waals surface area contributed by atoms with Gasteiger partial charge < -0.3 is 19.7 Å². The molecule has 0 aliphatic carbocycles. The van der Waals surface area contributed by atoms with E-state index in [1.54, 1.807) is 32.3 Å². The highest BCUT2D eigenvalue weighted by Crippen LogP contribution is 2.28. The Morgan fingerprint density at radius 1 is 1.19 bits per heavy atom. The molecule has 1 aromatic heterocycles. The number of benzene rings is 1. The summed E-state index contributed by atoms with van der Waals surface area (Å²) < 4.78 is 10.7. The van der Waals surface area contributed by atoms with Crippen LogP contribution in [0.5, 0.6) is 11.5 Å². The molecule has 0 aliphatic rings. The Kier molecular flexibility index (Phi) is 6.31. The van der Waals surface area contributed by atoms with E-state index in [0.29, 0.717) is 11.5 Å². The highest BCUT2D eigenvalue weighted by Gasteiger charge is 2.11. The standard InChI is InChI=1S/C17H20N4O5/c1-21(2)16(23)10-26-13-6-4-11(8-14(13)25-3)9-18-17(24)12-5-7-15(22)20-19-12/h4-8H,9-10H2,1-3H3,(H,18,24)(H,20,22). The fourth-order valence-electron chi connectivity index (χ4n) is 1.95. The summed E-state index contributed by atoms with van der Waals surface area (Å²) in [7, 11) is 4.78. The van der Waals surface area contributed by atoms with Crippen molar-refractivity contribution in [3.63, 3.8) is 0 Å². The zero-order chi connectivity index (χ0) is 19.1. The Morgan fingerprint density at radius 3 is 2.58 bits per heavy atom. The van der Waals surface area contributed by atoms with Crippen LogP contribution in [0.2, 0.25) is 0 Å². The van der Waals surface area contributed by atoms with Gasteiger partial charge in [0.15, 0.2) is 18.1 Å². The minimum atomic E-state index is -0.419. The maximum atomic E-state index is 12.0. The van der Waals surface area contributed by atoms with Crippen LogP contribution in [0.4, 0.5) is 0 Å². The molecule has 0 unspecified atom stereocenters. The van der Waals surface area contributed by atoms with E-state index in [0.717, 1.165) is 5.56 Å². The summed E-state index contributed by atoms with van der Waals surface area (Å²) >= 11 is 0. The first-order valence-electron chi connectivity index (χ1n) is 7.74. The smallest absolute Gasteiger partial charge is 0.271 e. The molecule has 0 saturated carbocycles. The fourth-order valence-corrected chi connectivity index (χ4v) is 1.95.